The van der Waals surface area contributed by atoms with Gasteiger partial charge in [-0.15, -0.1) is 0 Å². The van der Waals surface area contributed by atoms with Gasteiger partial charge >= 0.3 is 0 Å². The van der Waals surface area contributed by atoms with Crippen molar-refractivity contribution < 1.29 is 64.4 Å². The average Bonchev–Trinajstić information content (AvgIpc) is 3.99. The third kappa shape index (κ3) is 8.35. The van der Waals surface area contributed by atoms with Gasteiger partial charge in [0, 0.05) is 61.0 Å². The first-order valence-electron chi connectivity index (χ1n) is 20.8. The number of ether oxygens (including phenoxy) is 1. The average molecular weight is 858 g/mol. The lowest BCUT2D eigenvalue weighted by molar-refractivity contribution is -0.763. The summed E-state index contributed by atoms with van der Waals surface area (Å²) in [5.41, 5.74) is 0.00177. The molecule has 3 aromatic carbocycles. The highest BCUT2D eigenvalue weighted by Crippen LogP contribution is 2.46. The topological polar surface area (TPSA) is 257 Å². The Hall–Kier alpha value is -5.21. The van der Waals surface area contributed by atoms with Crippen molar-refractivity contribution in [2.75, 3.05) is 39.9 Å². The van der Waals surface area contributed by atoms with Gasteiger partial charge in [0.2, 0.25) is 17.2 Å². The molecule has 330 valence electrons. The minimum atomic E-state index is -2.41. The zero-order valence-electron chi connectivity index (χ0n) is 34.5. The largest absolute Gasteiger partial charge is 0.508 e. The zero-order valence-corrected chi connectivity index (χ0v) is 34.5. The lowest BCUT2D eigenvalue weighted by Gasteiger charge is -2.45. The number of quaternary nitrogens is 1. The summed E-state index contributed by atoms with van der Waals surface area (Å²) in [6.45, 7) is 1.49. The highest BCUT2D eigenvalue weighted by Gasteiger charge is 2.51. The molecule has 62 heavy (non-hydrogen) atoms. The molecule has 5 heterocycles. The number of aliphatic imine (C=N–C) groups is 1. The van der Waals surface area contributed by atoms with Crippen molar-refractivity contribution >= 4 is 39.6 Å². The molecule has 4 aliphatic heterocycles. The van der Waals surface area contributed by atoms with Crippen LogP contribution in [0.5, 0.6) is 17.2 Å². The van der Waals surface area contributed by atoms with Crippen LogP contribution >= 0.6 is 0 Å². The lowest BCUT2D eigenvalue weighted by Crippen LogP contribution is -3.01. The normalized spacial score (nSPS) is 24.2. The summed E-state index contributed by atoms with van der Waals surface area (Å²) in [7, 11) is 1.81. The Balaban J connectivity index is 1.19. The molecule has 1 fully saturated rings. The molecule has 4 aromatic rings. The predicted octanol–water partition coefficient (Wildman–Crippen LogP) is 0.613. The van der Waals surface area contributed by atoms with Gasteiger partial charge in [-0.05, 0) is 86.6 Å². The second-order valence-corrected chi connectivity index (χ2v) is 17.0. The molecular weight excluding hydrogens is 805 g/mol. The first-order valence-corrected chi connectivity index (χ1v) is 20.8. The maximum absolute atomic E-state index is 13.6. The van der Waals surface area contributed by atoms with Gasteiger partial charge in [0.15, 0.2) is 11.2 Å². The molecule has 0 spiro atoms. The number of hydrogen-bond acceptors (Lipinski definition) is 15. The first-order chi connectivity index (χ1) is 29.7. The van der Waals surface area contributed by atoms with E-state index in [-0.39, 0.29) is 35.2 Å². The van der Waals surface area contributed by atoms with Crippen molar-refractivity contribution in [1.29, 1.82) is 0 Å². The fourth-order valence-corrected chi connectivity index (χ4v) is 9.18. The van der Waals surface area contributed by atoms with Crippen LogP contribution in [-0.4, -0.2) is 123 Å². The van der Waals surface area contributed by atoms with Crippen LogP contribution < -0.4 is 25.7 Å². The van der Waals surface area contributed by atoms with Gasteiger partial charge in [-0.3, -0.25) is 19.5 Å². The van der Waals surface area contributed by atoms with Crippen molar-refractivity contribution in [3.63, 3.8) is 0 Å². The Morgan fingerprint density at radius 2 is 1.89 bits per heavy atom. The smallest absolute Gasteiger partial charge is 0.222 e. The second kappa shape index (κ2) is 17.5. The van der Waals surface area contributed by atoms with E-state index in [2.05, 4.69) is 15.6 Å². The second-order valence-electron chi connectivity index (χ2n) is 17.0. The number of allylic oxidation sites excluding steroid dienone is 1. The number of carbonyl (C=O) groups excluding carboxylic acids is 1. The number of aromatic hydroxyl groups is 2. The van der Waals surface area contributed by atoms with Crippen LogP contribution in [0.15, 0.2) is 80.2 Å². The maximum atomic E-state index is 13.6. The summed E-state index contributed by atoms with van der Waals surface area (Å²) in [5.74, 6) is 0.681. The van der Waals surface area contributed by atoms with E-state index in [0.717, 1.165) is 16.2 Å². The van der Waals surface area contributed by atoms with Crippen LogP contribution in [0.2, 0.25) is 0 Å². The number of benzene rings is 3. The van der Waals surface area contributed by atoms with Crippen molar-refractivity contribution in [2.45, 2.75) is 81.1 Å². The van der Waals surface area contributed by atoms with Crippen LogP contribution in [0.1, 0.15) is 42.6 Å². The van der Waals surface area contributed by atoms with Crippen molar-refractivity contribution in [1.82, 2.24) is 10.6 Å². The highest BCUT2D eigenvalue weighted by molar-refractivity contribution is 5.92. The van der Waals surface area contributed by atoms with Gasteiger partial charge in [-0.25, -0.2) is 9.78 Å². The predicted molar refractivity (Wildman–Crippen MR) is 225 cm³/mol. The van der Waals surface area contributed by atoms with Crippen LogP contribution in [-0.2, 0) is 27.4 Å². The van der Waals surface area contributed by atoms with Crippen LogP contribution in [0.25, 0.3) is 21.7 Å². The third-order valence-electron chi connectivity index (χ3n) is 12.6. The summed E-state index contributed by atoms with van der Waals surface area (Å²) < 4.78 is 13.6. The summed E-state index contributed by atoms with van der Waals surface area (Å²) in [5, 5.41) is 82.8. The van der Waals surface area contributed by atoms with E-state index in [1.165, 1.54) is 36.4 Å². The minimum Gasteiger partial charge on any atom is -0.508 e. The number of aliphatic hydroxyl groups is 5. The van der Waals surface area contributed by atoms with Crippen molar-refractivity contribution in [3.8, 4) is 17.2 Å². The van der Waals surface area contributed by atoms with E-state index in [1.54, 1.807) is 26.3 Å². The molecule has 4 aliphatic rings. The lowest BCUT2D eigenvalue weighted by atomic mass is 9.79. The Morgan fingerprint density at radius 3 is 2.63 bits per heavy atom. The molecule has 0 radical (unpaired) electrons. The zero-order chi connectivity index (χ0) is 43.9. The van der Waals surface area contributed by atoms with Gasteiger partial charge in [-0.1, -0.05) is 6.07 Å². The first kappa shape index (κ1) is 43.4. The Labute approximate surface area is 356 Å². The van der Waals surface area contributed by atoms with Gasteiger partial charge in [0.1, 0.15) is 77.9 Å². The van der Waals surface area contributed by atoms with E-state index in [0.29, 0.717) is 95.4 Å². The van der Waals surface area contributed by atoms with Gasteiger partial charge in [0.25, 0.3) is 0 Å². The van der Waals surface area contributed by atoms with E-state index in [9.17, 15) is 45.3 Å². The van der Waals surface area contributed by atoms with E-state index in [4.69, 9.17) is 18.9 Å². The van der Waals surface area contributed by atoms with Crippen LogP contribution in [0.4, 0.5) is 5.69 Å². The number of fused-ring (bicyclic) bond motifs is 4. The number of aliphatic hydroxyl groups excluding tert-OH is 4. The summed E-state index contributed by atoms with van der Waals surface area (Å²) in [4.78, 5) is 43.6. The molecule has 1 amide bonds. The molecule has 17 nitrogen and oxygen atoms in total. The highest BCUT2D eigenvalue weighted by atomic mass is 17.2. The van der Waals surface area contributed by atoms with Crippen LogP contribution in [0.3, 0.4) is 0 Å². The molecule has 17 heteroatoms. The number of aryl methyl sites for hydroxylation is 1. The van der Waals surface area contributed by atoms with Crippen molar-refractivity contribution in [2.24, 2.45) is 10.9 Å². The number of phenolic OH excluding ortho intramolecular Hbond substituents is 2. The SMILES string of the molecule is CNCCC1(CCC2CNC(=O)C2)Oc2c(cc3c(=O)cc(C)oc3c2[NH+]2C=C3N=CC=C3C2)CC1OOCC(O)(Cc1ccc(O)c2ccc(O)cc12)C(O)C(O)C(O)CO. The summed E-state index contributed by atoms with van der Waals surface area (Å²) >= 11 is 0. The minimum absolute atomic E-state index is 0.00892. The molecule has 1 saturated heterocycles. The molecule has 8 atom stereocenters. The molecule has 0 bridgehead atoms. The summed E-state index contributed by atoms with van der Waals surface area (Å²) in [6, 6.07) is 10.3. The summed E-state index contributed by atoms with van der Waals surface area (Å²) in [6.07, 6.45) is 0.131. The molecule has 10 N–H and O–H groups in total. The number of carbonyl (C=O) groups is 1. The molecule has 0 aliphatic carbocycles. The number of amides is 1. The molecule has 1 aromatic heterocycles. The standard InChI is InChI=1S/C45H52N4O13/c1-24-13-35(53)32-15-28-16-37(62-59-23-44(58,43(57)40(56)36(54)22-50)18-26-3-6-34(52)30-5-4-29(51)17-31(26)30)45(10-12-46-2,9-7-25-14-38(55)48-19-25)61-41(28)39(42(32)60-24)49-20-27-8-11-47-33(27)21-49/h3-6,8,11,13,15,17,21,25,36-37,40,43,46,50-52,54,56-58H,7,9-10,12,14,16,18-20,22-23H2,1-2H3,(H,48,55)/p+1. The molecule has 0 saturated carbocycles. The maximum Gasteiger partial charge on any atom is 0.222 e. The van der Waals surface area contributed by atoms with E-state index in [1.807, 2.05) is 12.3 Å². The Morgan fingerprint density at radius 1 is 1.06 bits per heavy atom. The van der Waals surface area contributed by atoms with Crippen molar-refractivity contribution in [3.05, 3.63) is 93.1 Å². The van der Waals surface area contributed by atoms with E-state index < -0.39 is 55.3 Å². The number of nitrogens with one attached hydrogen (secondary N) is 3. The molecular formula is C45H53N4O13+. The number of nitrogens with zero attached hydrogens (tertiary/aromatic N) is 1. The molecule has 8 rings (SSSR count). The number of phenols is 2. The quantitative estimate of drug-likeness (QED) is 0.0516. The van der Waals surface area contributed by atoms with Gasteiger partial charge < -0.3 is 55.5 Å². The Bertz CT molecular complexity index is 2520. The fourth-order valence-electron chi connectivity index (χ4n) is 9.18. The monoisotopic (exact) mass is 857 g/mol. The van der Waals surface area contributed by atoms with E-state index >= 15 is 0 Å². The number of rotatable bonds is 17. The van der Waals surface area contributed by atoms with Crippen LogP contribution in [0, 0.1) is 12.8 Å². The number of hydrogen-bond donors (Lipinski definition) is 10. The van der Waals surface area contributed by atoms with Gasteiger partial charge in [-0.2, -0.15) is 0 Å². The van der Waals surface area contributed by atoms with Gasteiger partial charge in [0.05, 0.1) is 12.0 Å². The third-order valence-corrected chi connectivity index (χ3v) is 12.6. The molecule has 8 unspecified atom stereocenters. The Kier molecular flexibility index (Phi) is 12.3. The fraction of sp³-hybridized carbons (Fsp3) is 0.444.